The number of nitrogens with two attached hydrogens (primary N) is 1. The number of anilines is 2. The third kappa shape index (κ3) is 6.01. The van der Waals surface area contributed by atoms with Crippen LogP contribution in [-0.4, -0.2) is 61.8 Å². The number of piperidine rings is 1. The number of ether oxygens (including phenoxy) is 1. The molecule has 4 N–H and O–H groups in total. The third-order valence-corrected chi connectivity index (χ3v) is 15.0. The van der Waals surface area contributed by atoms with Crippen molar-refractivity contribution in [1.29, 1.82) is 0 Å². The monoisotopic (exact) mass is 695 g/mol. The molecule has 12 heteroatoms. The van der Waals surface area contributed by atoms with Crippen molar-refractivity contribution in [2.24, 2.45) is 5.41 Å². The van der Waals surface area contributed by atoms with Crippen molar-refractivity contribution < 1.29 is 27.8 Å². The van der Waals surface area contributed by atoms with Crippen molar-refractivity contribution in [3.63, 3.8) is 0 Å². The predicted molar refractivity (Wildman–Crippen MR) is 163 cm³/mol. The molecule has 3 saturated heterocycles. The molecule has 0 amide bonds. The molecule has 3 aliphatic rings. The second kappa shape index (κ2) is 11.5. The zero-order valence-corrected chi connectivity index (χ0v) is 25.1. The van der Waals surface area contributed by atoms with Crippen LogP contribution < -0.4 is 20.7 Å². The van der Waals surface area contributed by atoms with E-state index in [9.17, 15) is 23.1 Å². The molecule has 1 aromatic heterocycles. The summed E-state index contributed by atoms with van der Waals surface area (Å²) in [5.41, 5.74) is 7.12. The van der Waals surface area contributed by atoms with E-state index in [0.717, 1.165) is 12.8 Å². The van der Waals surface area contributed by atoms with E-state index in [-0.39, 0.29) is 22.8 Å². The van der Waals surface area contributed by atoms with Gasteiger partial charge < -0.3 is 10.4 Å². The molecule has 0 radical (unpaired) electrons. The van der Waals surface area contributed by atoms with Crippen LogP contribution in [0.25, 0.3) is 11.1 Å². The molecule has 42 heavy (non-hydrogen) atoms. The van der Waals surface area contributed by atoms with Crippen molar-refractivity contribution in [3.8, 4) is 17.0 Å². The molecule has 3 aliphatic heterocycles. The van der Waals surface area contributed by atoms with Crippen LogP contribution in [0.3, 0.4) is 0 Å². The Hall–Kier alpha value is -3.13. The Bertz CT molecular complexity index is 1450. The van der Waals surface area contributed by atoms with Gasteiger partial charge in [-0.1, -0.05) is 0 Å². The molecule has 0 bridgehead atoms. The zero-order valence-electron chi connectivity index (χ0n) is 22.9. The van der Waals surface area contributed by atoms with Crippen LogP contribution in [-0.2, 0) is 4.79 Å². The molecule has 3 fully saturated rings. The fourth-order valence-electron chi connectivity index (χ4n) is 6.04. The number of hydrogen-bond donors (Lipinski definition) is 3. The number of nitrogens with zero attached hydrogens (tertiary/aromatic N) is 3. The van der Waals surface area contributed by atoms with E-state index in [1.807, 2.05) is 47.4 Å². The Morgan fingerprint density at radius 2 is 1.86 bits per heavy atom. The molecule has 2 aromatic carbocycles. The van der Waals surface area contributed by atoms with Gasteiger partial charge in [-0.25, -0.2) is 0 Å². The van der Waals surface area contributed by atoms with Crippen LogP contribution in [0, 0.1) is 8.99 Å². The van der Waals surface area contributed by atoms with E-state index >= 15 is 0 Å². The number of hydrogen-bond acceptors (Lipinski definition) is 7. The average Bonchev–Trinajstić information content (AvgIpc) is 3.35. The summed E-state index contributed by atoms with van der Waals surface area (Å²) in [5, 5.41) is 12.5. The summed E-state index contributed by atoms with van der Waals surface area (Å²) in [4.78, 5) is 21.7. The minimum absolute atomic E-state index is 0.0363. The summed E-state index contributed by atoms with van der Waals surface area (Å²) >= 11 is -1.31. The number of benzene rings is 2. The maximum absolute atomic E-state index is 14.7. The quantitative estimate of drug-likeness (QED) is 0.219. The van der Waals surface area contributed by atoms with Crippen LogP contribution in [0.2, 0.25) is 0 Å². The summed E-state index contributed by atoms with van der Waals surface area (Å²) in [5.74, 6) is -0.877. The molecule has 6 rings (SSSR count). The molecule has 0 unspecified atom stereocenters. The summed E-state index contributed by atoms with van der Waals surface area (Å²) in [6.45, 7) is 1.76. The Balaban J connectivity index is 1.27. The van der Waals surface area contributed by atoms with Gasteiger partial charge in [-0.3, -0.25) is 4.79 Å². The van der Waals surface area contributed by atoms with Gasteiger partial charge in [-0.2, -0.15) is 0 Å². The molecule has 8 nitrogen and oxygen atoms in total. The molecular formula is C30H33F3IN5O3. The first-order chi connectivity index (χ1) is 20.1. The number of nitrogen functional groups attached to an aromatic ring is 1. The minimum atomic E-state index is -4.71. The first kappa shape index (κ1) is 29.0. The van der Waals surface area contributed by atoms with Gasteiger partial charge in [-0.05, 0) is 11.8 Å². The Morgan fingerprint density at radius 3 is 2.48 bits per heavy atom. The van der Waals surface area contributed by atoms with Crippen molar-refractivity contribution in [2.45, 2.75) is 44.0 Å². The summed E-state index contributed by atoms with van der Waals surface area (Å²) in [6, 6.07) is 15.3. The fraction of sp³-hybridized carbons (Fsp3) is 0.433. The normalized spacial score (nSPS) is 21.6. The van der Waals surface area contributed by atoms with Crippen molar-refractivity contribution >= 4 is 37.6 Å². The van der Waals surface area contributed by atoms with E-state index in [0.29, 0.717) is 43.0 Å². The van der Waals surface area contributed by atoms with Gasteiger partial charge in [0, 0.05) is 6.54 Å². The number of carboxylic acids is 1. The molecule has 0 aliphatic carbocycles. The molecule has 3 aromatic rings. The van der Waals surface area contributed by atoms with Gasteiger partial charge in [0.05, 0.1) is 0 Å². The summed E-state index contributed by atoms with van der Waals surface area (Å²) in [7, 11) is 0. The number of carbonyl (C=O) groups is 1. The van der Waals surface area contributed by atoms with Crippen LogP contribution in [0.15, 0.2) is 54.6 Å². The van der Waals surface area contributed by atoms with Crippen molar-refractivity contribution in [1.82, 2.24) is 15.3 Å². The van der Waals surface area contributed by atoms with Gasteiger partial charge in [0.2, 0.25) is 0 Å². The van der Waals surface area contributed by atoms with E-state index in [1.165, 1.54) is 24.9 Å². The number of halogens is 4. The Kier molecular flexibility index (Phi) is 7.94. The van der Waals surface area contributed by atoms with E-state index in [4.69, 9.17) is 10.5 Å². The SMILES string of the molecule is Nc1nc(O[C@@H](c2ccc(I3CCC3)cc2-c2ccccc2)C(F)(F)F)cc(N2CCC3(CC2)CN[C@H](C(=O)O)C3)n1. The van der Waals surface area contributed by atoms with E-state index in [2.05, 4.69) is 15.3 Å². The molecule has 0 saturated carbocycles. The van der Waals surface area contributed by atoms with Gasteiger partial charge in [0.1, 0.15) is 6.04 Å². The standard InChI is InChI=1S/C30H33F3IN5O3/c31-30(32,33)26(21-8-7-20(34-11-4-12-34)15-22(21)19-5-2-1-3-6-19)42-25-16-24(37-28(35)38-25)39-13-9-29(10-14-39)17-23(27(40)41)36-18-29/h1-3,5-8,15-16,23,26,36H,4,9-14,17-18H2,(H,40,41)(H2,35,37,38)/t23-,26-/m0/s1. The fourth-order valence-corrected chi connectivity index (χ4v) is 10.3. The van der Waals surface area contributed by atoms with Crippen molar-refractivity contribution in [2.75, 3.05) is 39.1 Å². The van der Waals surface area contributed by atoms with E-state index < -0.39 is 44.1 Å². The average molecular weight is 696 g/mol. The van der Waals surface area contributed by atoms with Crippen LogP contribution in [0.4, 0.5) is 24.9 Å². The first-order valence-electron chi connectivity index (χ1n) is 14.0. The van der Waals surface area contributed by atoms with Crippen molar-refractivity contribution in [3.05, 3.63) is 63.7 Å². The Labute approximate surface area is 249 Å². The number of carboxylic acid groups (broad SMARTS) is 1. The zero-order chi connectivity index (χ0) is 29.5. The first-order valence-corrected chi connectivity index (χ1v) is 18.1. The van der Waals surface area contributed by atoms with Crippen LogP contribution in [0.5, 0.6) is 5.88 Å². The molecular weight excluding hydrogens is 662 g/mol. The van der Waals surface area contributed by atoms with Gasteiger partial charge in [-0.15, -0.1) is 0 Å². The summed E-state index contributed by atoms with van der Waals surface area (Å²) in [6.07, 6.45) is -3.77. The maximum atomic E-state index is 14.7. The topological polar surface area (TPSA) is 114 Å². The van der Waals surface area contributed by atoms with Crippen LogP contribution in [0.1, 0.15) is 37.4 Å². The number of aromatic nitrogens is 2. The van der Waals surface area contributed by atoms with E-state index in [1.54, 1.807) is 6.07 Å². The number of nitrogens with one attached hydrogen (secondary N) is 1. The molecule has 1 spiro atoms. The van der Waals surface area contributed by atoms with Gasteiger partial charge >= 0.3 is 210 Å². The number of rotatable bonds is 7. The third-order valence-electron chi connectivity index (χ3n) is 8.46. The molecule has 224 valence electrons. The van der Waals surface area contributed by atoms with Crippen LogP contribution >= 0.6 is 19.8 Å². The number of aliphatic carboxylic acids is 1. The van der Waals surface area contributed by atoms with Gasteiger partial charge in [0.15, 0.2) is 0 Å². The Morgan fingerprint density at radius 1 is 1.12 bits per heavy atom. The number of alkyl halides is 5. The molecule has 4 heterocycles. The summed E-state index contributed by atoms with van der Waals surface area (Å²) < 4.78 is 53.3. The van der Waals surface area contributed by atoms with Gasteiger partial charge in [0.25, 0.3) is 0 Å². The predicted octanol–water partition coefficient (Wildman–Crippen LogP) is 5.52. The second-order valence-electron chi connectivity index (χ2n) is 11.2. The second-order valence-corrected chi connectivity index (χ2v) is 17.2. The molecule has 2 atom stereocenters.